The molecule has 4 heteroatoms. The number of carbonyl (C=O) groups is 1. The third kappa shape index (κ3) is 4.31. The first-order valence-electron chi connectivity index (χ1n) is 7.09. The summed E-state index contributed by atoms with van der Waals surface area (Å²) in [4.78, 5) is 16.3. The summed E-state index contributed by atoms with van der Waals surface area (Å²) in [5.74, 6) is 1.83. The molecule has 4 nitrogen and oxygen atoms in total. The van der Waals surface area contributed by atoms with Crippen molar-refractivity contribution in [3.05, 3.63) is 23.9 Å². The molecule has 104 valence electrons. The molecule has 0 aliphatic carbocycles. The van der Waals surface area contributed by atoms with Gasteiger partial charge < -0.3 is 10.6 Å². The third-order valence-corrected chi connectivity index (χ3v) is 3.85. The van der Waals surface area contributed by atoms with Crippen LogP contribution in [0.4, 0.5) is 5.82 Å². The van der Waals surface area contributed by atoms with Gasteiger partial charge in [-0.2, -0.15) is 0 Å². The van der Waals surface area contributed by atoms with Crippen molar-refractivity contribution in [2.45, 2.75) is 33.1 Å². The maximum absolute atomic E-state index is 12.0. The average molecular weight is 261 g/mol. The highest BCUT2D eigenvalue weighted by atomic mass is 16.1. The van der Waals surface area contributed by atoms with Gasteiger partial charge in [0.25, 0.3) is 0 Å². The summed E-state index contributed by atoms with van der Waals surface area (Å²) in [5, 5.41) is 6.25. The Bertz CT molecular complexity index is 427. The SMILES string of the molecule is Cc1cccc(NC(=O)CC(C)C2CCNCC2)n1. The monoisotopic (exact) mass is 261 g/mol. The number of aryl methyl sites for hydroxylation is 1. The van der Waals surface area contributed by atoms with Gasteiger partial charge in [-0.3, -0.25) is 4.79 Å². The lowest BCUT2D eigenvalue weighted by Crippen LogP contribution is -2.32. The number of anilines is 1. The molecule has 1 aromatic heterocycles. The quantitative estimate of drug-likeness (QED) is 0.874. The third-order valence-electron chi connectivity index (χ3n) is 3.85. The smallest absolute Gasteiger partial charge is 0.225 e. The van der Waals surface area contributed by atoms with Crippen molar-refractivity contribution in [3.8, 4) is 0 Å². The van der Waals surface area contributed by atoms with Crippen LogP contribution in [0, 0.1) is 18.8 Å². The Kier molecular flexibility index (Phi) is 4.91. The fraction of sp³-hybridized carbons (Fsp3) is 0.600. The van der Waals surface area contributed by atoms with E-state index < -0.39 is 0 Å². The molecule has 1 amide bonds. The number of amides is 1. The number of carbonyl (C=O) groups excluding carboxylic acids is 1. The molecule has 1 aliphatic heterocycles. The molecule has 0 spiro atoms. The largest absolute Gasteiger partial charge is 0.317 e. The maximum atomic E-state index is 12.0. The van der Waals surface area contributed by atoms with Crippen molar-refractivity contribution in [2.75, 3.05) is 18.4 Å². The van der Waals surface area contributed by atoms with E-state index in [2.05, 4.69) is 22.5 Å². The van der Waals surface area contributed by atoms with E-state index in [1.165, 1.54) is 12.8 Å². The Morgan fingerprint density at radius 1 is 1.47 bits per heavy atom. The second-order valence-electron chi connectivity index (χ2n) is 5.48. The highest BCUT2D eigenvalue weighted by molar-refractivity contribution is 5.89. The number of hydrogen-bond donors (Lipinski definition) is 2. The van der Waals surface area contributed by atoms with E-state index in [-0.39, 0.29) is 5.91 Å². The molecule has 1 saturated heterocycles. The van der Waals surface area contributed by atoms with E-state index >= 15 is 0 Å². The van der Waals surface area contributed by atoms with E-state index in [0.29, 0.717) is 24.1 Å². The van der Waals surface area contributed by atoms with Crippen molar-refractivity contribution < 1.29 is 4.79 Å². The highest BCUT2D eigenvalue weighted by Crippen LogP contribution is 2.24. The minimum absolute atomic E-state index is 0.0733. The second-order valence-corrected chi connectivity index (χ2v) is 5.48. The van der Waals surface area contributed by atoms with Gasteiger partial charge in [-0.1, -0.05) is 13.0 Å². The number of hydrogen-bond acceptors (Lipinski definition) is 3. The molecule has 1 aliphatic rings. The van der Waals surface area contributed by atoms with Gasteiger partial charge in [-0.15, -0.1) is 0 Å². The molecule has 0 bridgehead atoms. The summed E-state index contributed by atoms with van der Waals surface area (Å²) in [6.45, 7) is 6.26. The van der Waals surface area contributed by atoms with Crippen LogP contribution in [0.3, 0.4) is 0 Å². The van der Waals surface area contributed by atoms with E-state index in [9.17, 15) is 4.79 Å². The summed E-state index contributed by atoms with van der Waals surface area (Å²) in [5.41, 5.74) is 0.921. The Morgan fingerprint density at radius 3 is 2.89 bits per heavy atom. The van der Waals surface area contributed by atoms with Gasteiger partial charge in [-0.25, -0.2) is 4.98 Å². The second kappa shape index (κ2) is 6.66. The summed E-state index contributed by atoms with van der Waals surface area (Å²) >= 11 is 0. The lowest BCUT2D eigenvalue weighted by molar-refractivity contribution is -0.117. The topological polar surface area (TPSA) is 54.0 Å². The normalized spacial score (nSPS) is 18.0. The van der Waals surface area contributed by atoms with E-state index in [1.807, 2.05) is 25.1 Å². The van der Waals surface area contributed by atoms with Crippen LogP contribution in [0.15, 0.2) is 18.2 Å². The zero-order valence-corrected chi connectivity index (χ0v) is 11.8. The summed E-state index contributed by atoms with van der Waals surface area (Å²) in [6, 6.07) is 5.67. The van der Waals surface area contributed by atoms with Gasteiger partial charge in [0.2, 0.25) is 5.91 Å². The maximum Gasteiger partial charge on any atom is 0.225 e. The summed E-state index contributed by atoms with van der Waals surface area (Å²) in [6.07, 6.45) is 2.94. The van der Waals surface area contributed by atoms with E-state index in [4.69, 9.17) is 0 Å². The molecule has 0 saturated carbocycles. The molecule has 0 aromatic carbocycles. The predicted octanol–water partition coefficient (Wildman–Crippen LogP) is 2.35. The van der Waals surface area contributed by atoms with E-state index in [1.54, 1.807) is 0 Å². The molecule has 0 radical (unpaired) electrons. The zero-order chi connectivity index (χ0) is 13.7. The van der Waals surface area contributed by atoms with Crippen LogP contribution in [-0.4, -0.2) is 24.0 Å². The highest BCUT2D eigenvalue weighted by Gasteiger charge is 2.22. The molecule has 1 atom stereocenters. The van der Waals surface area contributed by atoms with Crippen molar-refractivity contribution in [1.29, 1.82) is 0 Å². The standard InChI is InChI=1S/C15H23N3O/c1-11(13-6-8-16-9-7-13)10-15(19)18-14-5-3-4-12(2)17-14/h3-5,11,13,16H,6-10H2,1-2H3,(H,17,18,19). The van der Waals surface area contributed by atoms with Gasteiger partial charge in [0.05, 0.1) is 0 Å². The first-order valence-corrected chi connectivity index (χ1v) is 7.09. The molecule has 2 rings (SSSR count). The molecular formula is C15H23N3O. The lowest BCUT2D eigenvalue weighted by atomic mass is 9.84. The Morgan fingerprint density at radius 2 is 2.21 bits per heavy atom. The minimum atomic E-state index is 0.0733. The fourth-order valence-electron chi connectivity index (χ4n) is 2.68. The Labute approximate surface area is 115 Å². The molecule has 1 fully saturated rings. The first kappa shape index (κ1) is 14.0. The van der Waals surface area contributed by atoms with Gasteiger partial charge in [0.1, 0.15) is 5.82 Å². The van der Waals surface area contributed by atoms with Crippen molar-refractivity contribution in [2.24, 2.45) is 11.8 Å². The van der Waals surface area contributed by atoms with E-state index in [0.717, 1.165) is 18.8 Å². The molecule has 1 aromatic rings. The van der Waals surface area contributed by atoms with Crippen LogP contribution in [0.2, 0.25) is 0 Å². The zero-order valence-electron chi connectivity index (χ0n) is 11.8. The summed E-state index contributed by atoms with van der Waals surface area (Å²) < 4.78 is 0. The predicted molar refractivity (Wildman–Crippen MR) is 77.0 cm³/mol. The number of aromatic nitrogens is 1. The van der Waals surface area contributed by atoms with Gasteiger partial charge in [-0.05, 0) is 56.8 Å². The van der Waals surface area contributed by atoms with Crippen LogP contribution < -0.4 is 10.6 Å². The molecule has 2 heterocycles. The van der Waals surface area contributed by atoms with Gasteiger partial charge in [0, 0.05) is 12.1 Å². The lowest BCUT2D eigenvalue weighted by Gasteiger charge is -2.27. The Hall–Kier alpha value is -1.42. The van der Waals surface area contributed by atoms with Crippen LogP contribution in [0.5, 0.6) is 0 Å². The van der Waals surface area contributed by atoms with Crippen molar-refractivity contribution in [1.82, 2.24) is 10.3 Å². The number of nitrogens with zero attached hydrogens (tertiary/aromatic N) is 1. The molecule has 1 unspecified atom stereocenters. The van der Waals surface area contributed by atoms with Crippen LogP contribution in [0.25, 0.3) is 0 Å². The number of piperidine rings is 1. The summed E-state index contributed by atoms with van der Waals surface area (Å²) in [7, 11) is 0. The van der Waals surface area contributed by atoms with Crippen LogP contribution in [-0.2, 0) is 4.79 Å². The van der Waals surface area contributed by atoms with Crippen molar-refractivity contribution >= 4 is 11.7 Å². The number of rotatable bonds is 4. The van der Waals surface area contributed by atoms with Crippen LogP contribution in [0.1, 0.15) is 31.9 Å². The minimum Gasteiger partial charge on any atom is -0.317 e. The van der Waals surface area contributed by atoms with Gasteiger partial charge in [0.15, 0.2) is 0 Å². The van der Waals surface area contributed by atoms with Gasteiger partial charge >= 0.3 is 0 Å². The average Bonchev–Trinajstić information content (AvgIpc) is 2.39. The van der Waals surface area contributed by atoms with Crippen molar-refractivity contribution in [3.63, 3.8) is 0 Å². The Balaban J connectivity index is 1.83. The molecular weight excluding hydrogens is 238 g/mol. The molecule has 19 heavy (non-hydrogen) atoms. The van der Waals surface area contributed by atoms with Crippen LogP contribution >= 0.6 is 0 Å². The molecule has 2 N–H and O–H groups in total. The number of nitrogens with one attached hydrogen (secondary N) is 2. The fourth-order valence-corrected chi connectivity index (χ4v) is 2.68. The number of pyridine rings is 1. The first-order chi connectivity index (χ1) is 9.15.